The Kier molecular flexibility index (Phi) is 5.57. The van der Waals surface area contributed by atoms with Gasteiger partial charge >= 0.3 is 0 Å². The molecule has 0 aliphatic rings. The topological polar surface area (TPSA) is 0 Å². The Morgan fingerprint density at radius 1 is 0.471 bits per heavy atom. The summed E-state index contributed by atoms with van der Waals surface area (Å²) in [7, 11) is 0. The number of hydrogen-bond donors (Lipinski definition) is 1. The zero-order chi connectivity index (χ0) is 22.9. The number of fused-ring (bicyclic) bond motifs is 3. The van der Waals surface area contributed by atoms with Crippen molar-refractivity contribution in [2.45, 2.75) is 12.8 Å². The number of benzene rings is 6. The molecule has 0 amide bonds. The van der Waals surface area contributed by atoms with Gasteiger partial charge in [0.15, 0.2) is 0 Å². The Morgan fingerprint density at radius 3 is 1.56 bits per heavy atom. The van der Waals surface area contributed by atoms with Gasteiger partial charge in [0.1, 0.15) is 0 Å². The molecular weight excluding hydrogens is 428 g/mol. The maximum absolute atomic E-state index is 4.37. The van der Waals surface area contributed by atoms with Crippen LogP contribution in [0, 0.1) is 0 Å². The highest BCUT2D eigenvalue weighted by Gasteiger charge is 2.16. The van der Waals surface area contributed by atoms with E-state index >= 15 is 0 Å². The molecule has 0 heterocycles. The molecule has 0 atom stereocenters. The Hall–Kier alpha value is -3.55. The van der Waals surface area contributed by atoms with E-state index in [-0.39, 0.29) is 0 Å². The fourth-order valence-corrected chi connectivity index (χ4v) is 5.37. The molecule has 0 saturated heterocycles. The SMILES string of the molecule is SCCCc1ccc(-c2c3ccccc3c(-c3ccc4ccccc4c3)c3ccccc23)cc1. The molecule has 0 aliphatic heterocycles. The Balaban J connectivity index is 1.64. The average Bonchev–Trinajstić information content (AvgIpc) is 2.90. The van der Waals surface area contributed by atoms with Crippen LogP contribution in [0.1, 0.15) is 12.0 Å². The lowest BCUT2D eigenvalue weighted by Crippen LogP contribution is -1.92. The van der Waals surface area contributed by atoms with Crippen LogP contribution < -0.4 is 0 Å². The predicted octanol–water partition coefficient (Wildman–Crippen LogP) is 9.34. The highest BCUT2D eigenvalue weighted by Crippen LogP contribution is 2.44. The molecule has 6 aromatic carbocycles. The molecule has 0 unspecified atom stereocenters. The van der Waals surface area contributed by atoms with Crippen LogP contribution in [0.15, 0.2) is 115 Å². The van der Waals surface area contributed by atoms with Crippen molar-refractivity contribution in [3.8, 4) is 22.3 Å². The van der Waals surface area contributed by atoms with Crippen molar-refractivity contribution < 1.29 is 0 Å². The van der Waals surface area contributed by atoms with Gasteiger partial charge in [0.2, 0.25) is 0 Å². The van der Waals surface area contributed by atoms with Crippen molar-refractivity contribution >= 4 is 44.9 Å². The monoisotopic (exact) mass is 454 g/mol. The summed E-state index contributed by atoms with van der Waals surface area (Å²) >= 11 is 4.37. The molecule has 0 N–H and O–H groups in total. The number of aryl methyl sites for hydroxylation is 1. The van der Waals surface area contributed by atoms with Crippen LogP contribution in [-0.2, 0) is 6.42 Å². The van der Waals surface area contributed by atoms with Crippen LogP contribution in [-0.4, -0.2) is 5.75 Å². The minimum Gasteiger partial charge on any atom is -0.179 e. The van der Waals surface area contributed by atoms with E-state index in [4.69, 9.17) is 0 Å². The highest BCUT2D eigenvalue weighted by atomic mass is 32.1. The molecule has 0 bridgehead atoms. The molecule has 0 aromatic heterocycles. The summed E-state index contributed by atoms with van der Waals surface area (Å²) in [5, 5.41) is 7.74. The van der Waals surface area contributed by atoms with E-state index in [2.05, 4.69) is 128 Å². The molecule has 0 radical (unpaired) electrons. The lowest BCUT2D eigenvalue weighted by Gasteiger charge is -2.18. The molecule has 164 valence electrons. The van der Waals surface area contributed by atoms with E-state index in [9.17, 15) is 0 Å². The van der Waals surface area contributed by atoms with Crippen LogP contribution in [0.2, 0.25) is 0 Å². The first-order chi connectivity index (χ1) is 16.8. The Bertz CT molecular complexity index is 1570. The molecular formula is C33H26S. The minimum absolute atomic E-state index is 0.924. The van der Waals surface area contributed by atoms with Gasteiger partial charge in [0, 0.05) is 0 Å². The second kappa shape index (κ2) is 9.00. The van der Waals surface area contributed by atoms with Crippen LogP contribution in [0.4, 0.5) is 0 Å². The fourth-order valence-electron chi connectivity index (χ4n) is 5.22. The van der Waals surface area contributed by atoms with Gasteiger partial charge in [-0.25, -0.2) is 0 Å². The third-order valence-electron chi connectivity index (χ3n) is 6.84. The van der Waals surface area contributed by atoms with Crippen molar-refractivity contribution in [2.75, 3.05) is 5.75 Å². The third-order valence-corrected chi connectivity index (χ3v) is 7.15. The first-order valence-corrected chi connectivity index (χ1v) is 12.6. The summed E-state index contributed by atoms with van der Waals surface area (Å²) in [5.74, 6) is 0.924. The summed E-state index contributed by atoms with van der Waals surface area (Å²) in [6.45, 7) is 0. The molecule has 0 fully saturated rings. The molecule has 6 rings (SSSR count). The van der Waals surface area contributed by atoms with Crippen molar-refractivity contribution in [2.24, 2.45) is 0 Å². The van der Waals surface area contributed by atoms with Gasteiger partial charge in [-0.1, -0.05) is 109 Å². The molecule has 1 heteroatoms. The van der Waals surface area contributed by atoms with Crippen LogP contribution in [0.3, 0.4) is 0 Å². The molecule has 0 aliphatic carbocycles. The number of thiol groups is 1. The minimum atomic E-state index is 0.924. The van der Waals surface area contributed by atoms with Crippen molar-refractivity contribution in [1.82, 2.24) is 0 Å². The zero-order valence-electron chi connectivity index (χ0n) is 19.0. The van der Waals surface area contributed by atoms with E-state index in [1.165, 1.54) is 60.1 Å². The van der Waals surface area contributed by atoms with Gasteiger partial charge in [0.05, 0.1) is 0 Å². The Morgan fingerprint density at radius 2 is 0.971 bits per heavy atom. The lowest BCUT2D eigenvalue weighted by molar-refractivity contribution is 0.936. The normalized spacial score (nSPS) is 11.4. The zero-order valence-corrected chi connectivity index (χ0v) is 19.9. The molecule has 0 spiro atoms. The fraction of sp³-hybridized carbons (Fsp3) is 0.0909. The van der Waals surface area contributed by atoms with E-state index < -0.39 is 0 Å². The first kappa shape index (κ1) is 21.0. The van der Waals surface area contributed by atoms with E-state index in [1.54, 1.807) is 0 Å². The summed E-state index contributed by atoms with van der Waals surface area (Å²) < 4.78 is 0. The van der Waals surface area contributed by atoms with Crippen LogP contribution >= 0.6 is 12.6 Å². The second-order valence-electron chi connectivity index (χ2n) is 8.93. The maximum Gasteiger partial charge on any atom is -0.00262 e. The first-order valence-electron chi connectivity index (χ1n) is 12.0. The highest BCUT2D eigenvalue weighted by molar-refractivity contribution is 7.80. The smallest absolute Gasteiger partial charge is 0.00262 e. The van der Waals surface area contributed by atoms with Gasteiger partial charge < -0.3 is 0 Å². The van der Waals surface area contributed by atoms with Gasteiger partial charge in [-0.3, -0.25) is 0 Å². The second-order valence-corrected chi connectivity index (χ2v) is 9.37. The van der Waals surface area contributed by atoms with Crippen molar-refractivity contribution in [3.05, 3.63) is 121 Å². The van der Waals surface area contributed by atoms with E-state index in [0.717, 1.165) is 18.6 Å². The van der Waals surface area contributed by atoms with E-state index in [0.29, 0.717) is 0 Å². The molecule has 34 heavy (non-hydrogen) atoms. The third kappa shape index (κ3) is 3.67. The van der Waals surface area contributed by atoms with Crippen molar-refractivity contribution in [3.63, 3.8) is 0 Å². The van der Waals surface area contributed by atoms with Crippen LogP contribution in [0.25, 0.3) is 54.6 Å². The van der Waals surface area contributed by atoms with Gasteiger partial charge in [-0.05, 0) is 84.8 Å². The quantitative estimate of drug-likeness (QED) is 0.195. The molecule has 0 nitrogen and oxygen atoms in total. The van der Waals surface area contributed by atoms with E-state index in [1.807, 2.05) is 0 Å². The van der Waals surface area contributed by atoms with Crippen LogP contribution in [0.5, 0.6) is 0 Å². The summed E-state index contributed by atoms with van der Waals surface area (Å²) in [6, 6.07) is 42.3. The summed E-state index contributed by atoms with van der Waals surface area (Å²) in [6.07, 6.45) is 2.18. The van der Waals surface area contributed by atoms with Crippen molar-refractivity contribution in [1.29, 1.82) is 0 Å². The maximum atomic E-state index is 4.37. The number of hydrogen-bond acceptors (Lipinski definition) is 1. The number of rotatable bonds is 5. The summed E-state index contributed by atoms with van der Waals surface area (Å²) in [5.41, 5.74) is 6.54. The lowest BCUT2D eigenvalue weighted by atomic mass is 9.85. The standard InChI is InChI=1S/C33H26S/c34-21-7-8-23-15-17-25(18-16-23)32-28-11-3-5-13-30(28)33(31-14-6-4-12-29(31)32)27-20-19-24-9-1-2-10-26(24)22-27/h1-6,9-20,22,34H,7-8,21H2. The van der Waals surface area contributed by atoms with Gasteiger partial charge in [0.25, 0.3) is 0 Å². The average molecular weight is 455 g/mol. The largest absolute Gasteiger partial charge is 0.179 e. The summed E-state index contributed by atoms with van der Waals surface area (Å²) in [4.78, 5) is 0. The molecule has 6 aromatic rings. The van der Waals surface area contributed by atoms with Gasteiger partial charge in [-0.15, -0.1) is 0 Å². The van der Waals surface area contributed by atoms with Gasteiger partial charge in [-0.2, -0.15) is 12.6 Å². The molecule has 0 saturated carbocycles. The Labute approximate surface area is 206 Å². The predicted molar refractivity (Wildman–Crippen MR) is 152 cm³/mol.